The summed E-state index contributed by atoms with van der Waals surface area (Å²) in [6, 6.07) is 4.60. The summed E-state index contributed by atoms with van der Waals surface area (Å²) in [6.07, 6.45) is -1.01. The molecule has 1 heterocycles. The number of nitrogens with zero attached hydrogens (tertiary/aromatic N) is 1. The number of carbonyl (C=O) groups excluding carboxylic acids is 1. The van der Waals surface area contributed by atoms with E-state index in [0.29, 0.717) is 30.4 Å². The van der Waals surface area contributed by atoms with Gasteiger partial charge in [-0.3, -0.25) is 4.79 Å². The Morgan fingerprint density at radius 2 is 1.85 bits per heavy atom. The number of rotatable bonds is 3. The summed E-state index contributed by atoms with van der Waals surface area (Å²) in [6.45, 7) is 4.88. The highest BCUT2D eigenvalue weighted by atomic mass is 19.4. The maximum atomic E-state index is 13.3. The third-order valence-electron chi connectivity index (χ3n) is 6.61. The Morgan fingerprint density at radius 3 is 2.41 bits per heavy atom. The zero-order chi connectivity index (χ0) is 19.6. The molecule has 6 heteroatoms. The Kier molecular flexibility index (Phi) is 4.15. The lowest BCUT2D eigenvalue weighted by atomic mass is 9.56. The highest BCUT2D eigenvalue weighted by Gasteiger charge is 2.55. The molecule has 1 N–H and O–H groups in total. The number of likely N-dealkylation sites (tertiary alicyclic amines) is 1. The maximum absolute atomic E-state index is 13.3. The highest BCUT2D eigenvalue weighted by molar-refractivity contribution is 5.81. The fourth-order valence-corrected chi connectivity index (χ4v) is 5.36. The fraction of sp³-hybridized carbons (Fsp3) is 0.667. The Labute approximate surface area is 157 Å². The van der Waals surface area contributed by atoms with Crippen molar-refractivity contribution in [2.45, 2.75) is 57.7 Å². The standard InChI is InChI=1S/C21H26F3NO2/c1-13-3-4-15(17(5-13)21(22,23)24)6-14-7-20(8-14)11-25(12-20)18(26)16-9-19(2,27)10-16/h3-5,14,16,27H,6-12H2,1-2H3. The van der Waals surface area contributed by atoms with Gasteiger partial charge < -0.3 is 10.0 Å². The molecule has 1 spiro atoms. The SMILES string of the molecule is Cc1ccc(CC2CC3(C2)CN(C(=O)C2CC(C)(O)C2)C3)c(C(F)(F)F)c1. The average molecular weight is 381 g/mol. The van der Waals surface area contributed by atoms with Gasteiger partial charge in [0.15, 0.2) is 0 Å². The molecule has 2 aliphatic carbocycles. The lowest BCUT2D eigenvalue weighted by Gasteiger charge is -2.60. The van der Waals surface area contributed by atoms with E-state index in [-0.39, 0.29) is 23.2 Å². The fourth-order valence-electron chi connectivity index (χ4n) is 5.36. The number of halogens is 3. The van der Waals surface area contributed by atoms with E-state index < -0.39 is 17.3 Å². The van der Waals surface area contributed by atoms with E-state index in [1.54, 1.807) is 26.0 Å². The zero-order valence-electron chi connectivity index (χ0n) is 15.8. The van der Waals surface area contributed by atoms with Crippen LogP contribution in [0.4, 0.5) is 13.2 Å². The molecule has 3 fully saturated rings. The summed E-state index contributed by atoms with van der Waals surface area (Å²) in [7, 11) is 0. The molecule has 1 aromatic rings. The van der Waals surface area contributed by atoms with Gasteiger partial charge in [0.1, 0.15) is 0 Å². The van der Waals surface area contributed by atoms with Crippen LogP contribution >= 0.6 is 0 Å². The van der Waals surface area contributed by atoms with Gasteiger partial charge in [0.2, 0.25) is 5.91 Å². The number of aliphatic hydroxyl groups is 1. The number of hydrogen-bond acceptors (Lipinski definition) is 2. The summed E-state index contributed by atoms with van der Waals surface area (Å²) in [5.41, 5.74) is -0.0771. The van der Waals surface area contributed by atoms with Crippen molar-refractivity contribution in [3.63, 3.8) is 0 Å². The summed E-state index contributed by atoms with van der Waals surface area (Å²) in [5, 5.41) is 9.79. The van der Waals surface area contributed by atoms with Gasteiger partial charge in [-0.1, -0.05) is 17.7 Å². The third-order valence-corrected chi connectivity index (χ3v) is 6.61. The number of carbonyl (C=O) groups is 1. The Bertz CT molecular complexity index is 749. The smallest absolute Gasteiger partial charge is 0.390 e. The molecular formula is C21H26F3NO2. The van der Waals surface area contributed by atoms with Crippen molar-refractivity contribution in [1.29, 1.82) is 0 Å². The molecule has 0 unspecified atom stereocenters. The van der Waals surface area contributed by atoms with Crippen LogP contribution in [0.1, 0.15) is 49.3 Å². The van der Waals surface area contributed by atoms with Crippen molar-refractivity contribution >= 4 is 5.91 Å². The quantitative estimate of drug-likeness (QED) is 0.861. The number of alkyl halides is 3. The Balaban J connectivity index is 1.30. The second kappa shape index (κ2) is 5.97. The van der Waals surface area contributed by atoms with Crippen LogP contribution in [0.25, 0.3) is 0 Å². The number of hydrogen-bond donors (Lipinski definition) is 1. The van der Waals surface area contributed by atoms with Crippen LogP contribution in [-0.2, 0) is 17.4 Å². The molecule has 3 nitrogen and oxygen atoms in total. The molecule has 0 bridgehead atoms. The number of aryl methyl sites for hydroxylation is 1. The average Bonchev–Trinajstić information content (AvgIpc) is 2.45. The van der Waals surface area contributed by atoms with Crippen LogP contribution in [0.2, 0.25) is 0 Å². The molecule has 1 saturated heterocycles. The van der Waals surface area contributed by atoms with Gasteiger partial charge in [-0.25, -0.2) is 0 Å². The van der Waals surface area contributed by atoms with Crippen LogP contribution in [0.5, 0.6) is 0 Å². The van der Waals surface area contributed by atoms with Gasteiger partial charge in [0.25, 0.3) is 0 Å². The molecule has 27 heavy (non-hydrogen) atoms. The molecule has 1 aromatic carbocycles. The molecule has 0 atom stereocenters. The second-order valence-corrected chi connectivity index (χ2v) is 9.43. The predicted octanol–water partition coefficient (Wildman–Crippen LogP) is 3.96. The lowest BCUT2D eigenvalue weighted by Crippen LogP contribution is -2.66. The predicted molar refractivity (Wildman–Crippen MR) is 95.0 cm³/mol. The van der Waals surface area contributed by atoms with E-state index in [2.05, 4.69) is 0 Å². The van der Waals surface area contributed by atoms with E-state index in [0.717, 1.165) is 25.9 Å². The number of benzene rings is 1. The van der Waals surface area contributed by atoms with Crippen molar-refractivity contribution in [2.75, 3.05) is 13.1 Å². The van der Waals surface area contributed by atoms with Gasteiger partial charge in [-0.2, -0.15) is 13.2 Å². The summed E-state index contributed by atoms with van der Waals surface area (Å²) < 4.78 is 39.8. The highest BCUT2D eigenvalue weighted by Crippen LogP contribution is 2.54. The van der Waals surface area contributed by atoms with Gasteiger partial charge in [0.05, 0.1) is 11.2 Å². The topological polar surface area (TPSA) is 40.5 Å². The summed E-state index contributed by atoms with van der Waals surface area (Å²) in [4.78, 5) is 14.2. The molecule has 2 saturated carbocycles. The van der Waals surface area contributed by atoms with Crippen molar-refractivity contribution in [3.8, 4) is 0 Å². The van der Waals surface area contributed by atoms with Crippen molar-refractivity contribution in [2.24, 2.45) is 17.3 Å². The van der Waals surface area contributed by atoms with E-state index >= 15 is 0 Å². The molecule has 1 aliphatic heterocycles. The second-order valence-electron chi connectivity index (χ2n) is 9.43. The van der Waals surface area contributed by atoms with Gasteiger partial charge >= 0.3 is 6.18 Å². The monoisotopic (exact) mass is 381 g/mol. The third kappa shape index (κ3) is 3.48. The maximum Gasteiger partial charge on any atom is 0.416 e. The van der Waals surface area contributed by atoms with E-state index in [4.69, 9.17) is 0 Å². The first kappa shape index (κ1) is 18.8. The largest absolute Gasteiger partial charge is 0.416 e. The molecule has 1 amide bonds. The minimum atomic E-state index is -4.31. The van der Waals surface area contributed by atoms with Crippen molar-refractivity contribution < 1.29 is 23.1 Å². The van der Waals surface area contributed by atoms with E-state index in [1.807, 2.05) is 4.90 Å². The van der Waals surface area contributed by atoms with Crippen LogP contribution in [-0.4, -0.2) is 34.6 Å². The zero-order valence-corrected chi connectivity index (χ0v) is 15.8. The van der Waals surface area contributed by atoms with Crippen molar-refractivity contribution in [1.82, 2.24) is 4.90 Å². The first-order valence-corrected chi connectivity index (χ1v) is 9.64. The molecular weight excluding hydrogens is 355 g/mol. The molecule has 0 aromatic heterocycles. The molecule has 148 valence electrons. The van der Waals surface area contributed by atoms with Gasteiger partial charge in [-0.05, 0) is 63.5 Å². The minimum Gasteiger partial charge on any atom is -0.390 e. The van der Waals surface area contributed by atoms with E-state index in [9.17, 15) is 23.1 Å². The molecule has 4 rings (SSSR count). The Morgan fingerprint density at radius 1 is 1.22 bits per heavy atom. The van der Waals surface area contributed by atoms with Gasteiger partial charge in [0, 0.05) is 24.4 Å². The summed E-state index contributed by atoms with van der Waals surface area (Å²) >= 11 is 0. The summed E-state index contributed by atoms with van der Waals surface area (Å²) in [5.74, 6) is 0.333. The van der Waals surface area contributed by atoms with E-state index in [1.165, 1.54) is 6.07 Å². The molecule has 3 aliphatic rings. The van der Waals surface area contributed by atoms with Crippen LogP contribution in [0, 0.1) is 24.2 Å². The lowest BCUT2D eigenvalue weighted by molar-refractivity contribution is -0.171. The van der Waals surface area contributed by atoms with Crippen LogP contribution < -0.4 is 0 Å². The van der Waals surface area contributed by atoms with Gasteiger partial charge in [-0.15, -0.1) is 0 Å². The van der Waals surface area contributed by atoms with Crippen molar-refractivity contribution in [3.05, 3.63) is 34.9 Å². The Hall–Kier alpha value is -1.56. The number of amides is 1. The normalized spacial score (nSPS) is 29.9. The van der Waals surface area contributed by atoms with Crippen LogP contribution in [0.15, 0.2) is 18.2 Å². The van der Waals surface area contributed by atoms with Crippen LogP contribution in [0.3, 0.4) is 0 Å². The minimum absolute atomic E-state index is 0.0601. The first-order chi connectivity index (χ1) is 12.5. The molecule has 0 radical (unpaired) electrons. The first-order valence-electron chi connectivity index (χ1n) is 9.64.